The second-order valence-corrected chi connectivity index (χ2v) is 30.6. The summed E-state index contributed by atoms with van der Waals surface area (Å²) in [6.45, 7) is 4.68. The van der Waals surface area contributed by atoms with Gasteiger partial charge in [0.2, 0.25) is 0 Å². The summed E-state index contributed by atoms with van der Waals surface area (Å²) in [6, 6.07) is 0. The molecular weight excluding hydrogens is 1380 g/mol. The van der Waals surface area contributed by atoms with E-state index in [0.29, 0.717) is 25.7 Å². The van der Waals surface area contributed by atoms with E-state index < -0.39 is 97.5 Å². The van der Waals surface area contributed by atoms with Crippen molar-refractivity contribution >= 4 is 39.5 Å². The molecule has 0 aliphatic carbocycles. The standard InChI is InChI=1S/C87H150O17P2/c1-5-9-13-17-21-25-29-33-36-38-40-42-45-49-52-56-60-64-68-72-85(90)98-78-83(104-87(92)74-70-66-62-58-54-50-46-43-41-39-37-34-30-26-22-18-14-10-6-2)80-102-106(95,96)100-76-81(88)75-99-105(93,94)101-79-82(103-86(91)73-69-65-61-57-53-47-32-28-24-20-16-12-8-4)77-97-84(89)71-67-63-59-55-51-48-44-35-31-27-23-19-15-11-7-3/h9,13,21-22,25-26,28,32-37,40-44,49,52,81-83,88H,5-8,10-12,14-20,23-24,27,29-31,38-39,45-48,50-51,53-80H2,1-4H3,(H,93,94)(H,95,96)/b13-9-,25-21-,26-22-,32-28-,36-33-,37-34-,42-40-,43-41-,44-35-,52-49-. The Hall–Kier alpha value is -4.54. The summed E-state index contributed by atoms with van der Waals surface area (Å²) >= 11 is 0. The SMILES string of the molecule is CC/C=C\C/C=C\C/C=C\C/C=C\C/C=C\CCCCCC(=O)OCC(COP(=O)(O)OCC(O)COP(=O)(O)OCC(COC(=O)CCCCCCC/C=C\CCCCCCCC)OC(=O)CCCCCCC/C=C\CCCCCC)OC(=O)CCCCCCCC/C=C\C/C=C\C/C=C\CCCCC. The van der Waals surface area contributed by atoms with Crippen molar-refractivity contribution in [1.29, 1.82) is 0 Å². The summed E-state index contributed by atoms with van der Waals surface area (Å²) < 4.78 is 68.7. The fraction of sp³-hybridized carbons (Fsp3) is 0.724. The summed E-state index contributed by atoms with van der Waals surface area (Å²) in [6.07, 6.45) is 87.3. The highest BCUT2D eigenvalue weighted by atomic mass is 31.2. The van der Waals surface area contributed by atoms with Crippen LogP contribution in [0.2, 0.25) is 0 Å². The second-order valence-electron chi connectivity index (χ2n) is 27.7. The quantitative estimate of drug-likeness (QED) is 0.0169. The van der Waals surface area contributed by atoms with Crippen molar-refractivity contribution in [2.24, 2.45) is 0 Å². The van der Waals surface area contributed by atoms with Gasteiger partial charge in [0.05, 0.1) is 26.4 Å². The zero-order chi connectivity index (χ0) is 77.4. The predicted octanol–water partition coefficient (Wildman–Crippen LogP) is 24.7. The third kappa shape index (κ3) is 77.6. The van der Waals surface area contributed by atoms with Gasteiger partial charge in [0.25, 0.3) is 0 Å². The molecule has 0 aliphatic rings. The molecule has 0 bridgehead atoms. The van der Waals surface area contributed by atoms with Crippen molar-refractivity contribution in [2.75, 3.05) is 39.6 Å². The zero-order valence-electron chi connectivity index (χ0n) is 66.8. The Morgan fingerprint density at radius 2 is 0.491 bits per heavy atom. The number of unbranched alkanes of at least 4 members (excludes halogenated alkanes) is 32. The Balaban J connectivity index is 5.41. The van der Waals surface area contributed by atoms with E-state index in [1.165, 1.54) is 83.5 Å². The molecule has 0 heterocycles. The average Bonchev–Trinajstić information content (AvgIpc) is 0.903. The molecule has 0 fully saturated rings. The third-order valence-electron chi connectivity index (χ3n) is 17.4. The number of aliphatic hydroxyl groups is 1. The van der Waals surface area contributed by atoms with E-state index in [4.69, 9.17) is 37.0 Å². The number of esters is 4. The molecule has 610 valence electrons. The number of ether oxygens (including phenoxy) is 4. The maximum Gasteiger partial charge on any atom is 0.472 e. The number of phosphoric acid groups is 2. The number of carbonyl (C=O) groups excluding carboxylic acids is 4. The van der Waals surface area contributed by atoms with Gasteiger partial charge in [-0.3, -0.25) is 37.3 Å². The lowest BCUT2D eigenvalue weighted by molar-refractivity contribution is -0.161. The minimum absolute atomic E-state index is 0.0702. The molecular formula is C87H150O17P2. The Kier molecular flexibility index (Phi) is 75.2. The maximum absolute atomic E-state index is 13.1. The van der Waals surface area contributed by atoms with E-state index in [-0.39, 0.29) is 25.7 Å². The Morgan fingerprint density at radius 3 is 0.802 bits per heavy atom. The van der Waals surface area contributed by atoms with E-state index >= 15 is 0 Å². The fourth-order valence-electron chi connectivity index (χ4n) is 11.0. The molecule has 19 heteroatoms. The van der Waals surface area contributed by atoms with Gasteiger partial charge in [0.15, 0.2) is 12.2 Å². The smallest absolute Gasteiger partial charge is 0.462 e. The van der Waals surface area contributed by atoms with Crippen molar-refractivity contribution in [3.8, 4) is 0 Å². The normalized spacial score (nSPS) is 14.4. The molecule has 0 saturated carbocycles. The molecule has 0 saturated heterocycles. The van der Waals surface area contributed by atoms with Crippen molar-refractivity contribution in [3.05, 3.63) is 122 Å². The van der Waals surface area contributed by atoms with Crippen molar-refractivity contribution in [2.45, 2.75) is 367 Å². The van der Waals surface area contributed by atoms with Gasteiger partial charge >= 0.3 is 39.5 Å². The highest BCUT2D eigenvalue weighted by molar-refractivity contribution is 7.47. The van der Waals surface area contributed by atoms with Gasteiger partial charge in [0.1, 0.15) is 19.3 Å². The lowest BCUT2D eigenvalue weighted by Gasteiger charge is -2.21. The highest BCUT2D eigenvalue weighted by Crippen LogP contribution is 2.45. The van der Waals surface area contributed by atoms with E-state index in [1.807, 2.05) is 0 Å². The van der Waals surface area contributed by atoms with Crippen LogP contribution < -0.4 is 0 Å². The molecule has 17 nitrogen and oxygen atoms in total. The van der Waals surface area contributed by atoms with Crippen LogP contribution in [0.3, 0.4) is 0 Å². The molecule has 5 atom stereocenters. The molecule has 0 spiro atoms. The van der Waals surface area contributed by atoms with Crippen LogP contribution in [0.4, 0.5) is 0 Å². The Bertz CT molecular complexity index is 2480. The van der Waals surface area contributed by atoms with E-state index in [2.05, 4.69) is 149 Å². The first-order valence-electron chi connectivity index (χ1n) is 41.8. The lowest BCUT2D eigenvalue weighted by Crippen LogP contribution is -2.30. The Morgan fingerprint density at radius 1 is 0.274 bits per heavy atom. The predicted molar refractivity (Wildman–Crippen MR) is 436 cm³/mol. The molecule has 0 aromatic heterocycles. The molecule has 0 rings (SSSR count). The van der Waals surface area contributed by atoms with Gasteiger partial charge in [-0.25, -0.2) is 9.13 Å². The van der Waals surface area contributed by atoms with Crippen LogP contribution in [-0.2, 0) is 65.4 Å². The molecule has 0 aromatic rings. The van der Waals surface area contributed by atoms with Crippen LogP contribution in [0.25, 0.3) is 0 Å². The van der Waals surface area contributed by atoms with Crippen LogP contribution in [0.5, 0.6) is 0 Å². The highest BCUT2D eigenvalue weighted by Gasteiger charge is 2.30. The number of hydrogen-bond donors (Lipinski definition) is 3. The van der Waals surface area contributed by atoms with Gasteiger partial charge < -0.3 is 33.8 Å². The van der Waals surface area contributed by atoms with Gasteiger partial charge in [-0.1, -0.05) is 284 Å². The first kappa shape index (κ1) is 101. The average molecular weight is 1530 g/mol. The van der Waals surface area contributed by atoms with Crippen LogP contribution >= 0.6 is 15.6 Å². The zero-order valence-corrected chi connectivity index (χ0v) is 68.6. The minimum atomic E-state index is -4.99. The molecule has 106 heavy (non-hydrogen) atoms. The summed E-state index contributed by atoms with van der Waals surface area (Å²) in [4.78, 5) is 73.1. The van der Waals surface area contributed by atoms with Crippen LogP contribution in [0.1, 0.15) is 349 Å². The number of allylic oxidation sites excluding steroid dienone is 20. The Labute approximate surface area is 644 Å². The van der Waals surface area contributed by atoms with Crippen molar-refractivity contribution < 1.29 is 80.2 Å². The molecule has 0 amide bonds. The third-order valence-corrected chi connectivity index (χ3v) is 19.3. The molecule has 3 N–H and O–H groups in total. The maximum atomic E-state index is 13.1. The number of aliphatic hydroxyl groups excluding tert-OH is 1. The summed E-state index contributed by atoms with van der Waals surface area (Å²) in [5.74, 6) is -2.23. The monoisotopic (exact) mass is 1530 g/mol. The van der Waals surface area contributed by atoms with Crippen LogP contribution in [0, 0.1) is 0 Å². The van der Waals surface area contributed by atoms with Gasteiger partial charge in [-0.05, 0) is 161 Å². The number of rotatable bonds is 78. The van der Waals surface area contributed by atoms with Gasteiger partial charge in [-0.2, -0.15) is 0 Å². The molecule has 0 aromatic carbocycles. The first-order valence-corrected chi connectivity index (χ1v) is 44.8. The number of phosphoric ester groups is 2. The minimum Gasteiger partial charge on any atom is -0.462 e. The molecule has 5 unspecified atom stereocenters. The largest absolute Gasteiger partial charge is 0.472 e. The van der Waals surface area contributed by atoms with E-state index in [9.17, 15) is 43.2 Å². The fourth-order valence-corrected chi connectivity index (χ4v) is 12.6. The van der Waals surface area contributed by atoms with Crippen molar-refractivity contribution in [3.63, 3.8) is 0 Å². The van der Waals surface area contributed by atoms with Crippen LogP contribution in [0.15, 0.2) is 122 Å². The summed E-state index contributed by atoms with van der Waals surface area (Å²) in [7, 11) is -9.98. The van der Waals surface area contributed by atoms with E-state index in [0.717, 1.165) is 186 Å². The van der Waals surface area contributed by atoms with E-state index in [1.54, 1.807) is 0 Å². The summed E-state index contributed by atoms with van der Waals surface area (Å²) in [5, 5.41) is 10.7. The number of hydrogen-bond acceptors (Lipinski definition) is 15. The molecule has 0 radical (unpaired) electrons. The first-order chi connectivity index (χ1) is 51.7. The number of carbonyl (C=O) groups is 4. The second kappa shape index (κ2) is 78.6. The van der Waals surface area contributed by atoms with Crippen LogP contribution in [-0.4, -0.2) is 96.7 Å². The molecule has 0 aliphatic heterocycles. The van der Waals surface area contributed by atoms with Crippen molar-refractivity contribution in [1.82, 2.24) is 0 Å². The van der Waals surface area contributed by atoms with Gasteiger partial charge in [-0.15, -0.1) is 0 Å². The topological polar surface area (TPSA) is 237 Å². The summed E-state index contributed by atoms with van der Waals surface area (Å²) in [5.41, 5.74) is 0. The lowest BCUT2D eigenvalue weighted by atomic mass is 10.1. The van der Waals surface area contributed by atoms with Gasteiger partial charge in [0, 0.05) is 25.7 Å².